The minimum atomic E-state index is -3.53. The van der Waals surface area contributed by atoms with Crippen molar-refractivity contribution >= 4 is 38.3 Å². The van der Waals surface area contributed by atoms with E-state index >= 15 is 0 Å². The number of hydrogen-bond acceptors (Lipinski definition) is 6. The topological polar surface area (TPSA) is 99.9 Å². The molecule has 0 aliphatic carbocycles. The number of nitrogens with zero attached hydrogens (tertiary/aromatic N) is 2. The van der Waals surface area contributed by atoms with E-state index in [1.807, 2.05) is 26.0 Å². The molecule has 4 rings (SSSR count). The summed E-state index contributed by atoms with van der Waals surface area (Å²) in [6, 6.07) is 13.0. The van der Waals surface area contributed by atoms with E-state index in [2.05, 4.69) is 10.2 Å². The lowest BCUT2D eigenvalue weighted by molar-refractivity contribution is 0.102. The Hall–Kier alpha value is -3.17. The number of benzene rings is 2. The van der Waals surface area contributed by atoms with Gasteiger partial charge in [-0.25, -0.2) is 13.2 Å². The highest BCUT2D eigenvalue weighted by Gasteiger charge is 2.27. The molecule has 8 nitrogen and oxygen atoms in total. The first kappa shape index (κ1) is 23.0. The van der Waals surface area contributed by atoms with E-state index in [9.17, 15) is 18.0 Å². The minimum Gasteiger partial charge on any atom is -0.422 e. The highest BCUT2D eigenvalue weighted by Crippen LogP contribution is 2.24. The minimum absolute atomic E-state index is 0.119. The predicted molar refractivity (Wildman–Crippen MR) is 128 cm³/mol. The molecular formula is C24H27N3O5S. The van der Waals surface area contributed by atoms with Crippen molar-refractivity contribution in [2.24, 2.45) is 0 Å². The lowest BCUT2D eigenvalue weighted by Gasteiger charge is -2.21. The highest BCUT2D eigenvalue weighted by molar-refractivity contribution is 7.89. The van der Waals surface area contributed by atoms with Gasteiger partial charge in [0.2, 0.25) is 10.0 Å². The summed E-state index contributed by atoms with van der Waals surface area (Å²) < 4.78 is 32.2. The first-order valence-electron chi connectivity index (χ1n) is 11.1. The fraction of sp³-hybridized carbons (Fsp3) is 0.333. The molecule has 0 radical (unpaired) electrons. The Morgan fingerprint density at radius 3 is 2.33 bits per heavy atom. The van der Waals surface area contributed by atoms with E-state index in [-0.39, 0.29) is 10.5 Å². The van der Waals surface area contributed by atoms with Gasteiger partial charge in [0.05, 0.1) is 4.90 Å². The number of nitrogens with one attached hydrogen (secondary N) is 1. The van der Waals surface area contributed by atoms with Crippen molar-refractivity contribution in [2.75, 3.05) is 36.4 Å². The molecule has 1 amide bonds. The molecule has 1 saturated heterocycles. The number of sulfonamides is 1. The second-order valence-electron chi connectivity index (χ2n) is 7.93. The molecule has 1 aromatic heterocycles. The molecule has 2 heterocycles. The predicted octanol–water partition coefficient (Wildman–Crippen LogP) is 3.68. The van der Waals surface area contributed by atoms with Gasteiger partial charge in [0.15, 0.2) is 0 Å². The van der Waals surface area contributed by atoms with Crippen molar-refractivity contribution in [3.8, 4) is 0 Å². The molecule has 2 aromatic carbocycles. The summed E-state index contributed by atoms with van der Waals surface area (Å²) in [4.78, 5) is 27.5. The number of rotatable bonds is 7. The summed E-state index contributed by atoms with van der Waals surface area (Å²) in [5.41, 5.74) is 0.891. The van der Waals surface area contributed by atoms with Crippen molar-refractivity contribution in [3.63, 3.8) is 0 Å². The fourth-order valence-electron chi connectivity index (χ4n) is 4.03. The number of amides is 1. The molecule has 0 spiro atoms. The van der Waals surface area contributed by atoms with Crippen LogP contribution in [0.5, 0.6) is 0 Å². The van der Waals surface area contributed by atoms with Crippen LogP contribution in [0.1, 0.15) is 37.0 Å². The molecule has 9 heteroatoms. The molecule has 1 fully saturated rings. The molecule has 1 aliphatic rings. The third kappa shape index (κ3) is 4.65. The molecule has 0 bridgehead atoms. The lowest BCUT2D eigenvalue weighted by atomic mass is 10.1. The van der Waals surface area contributed by atoms with Crippen LogP contribution in [0.2, 0.25) is 0 Å². The summed E-state index contributed by atoms with van der Waals surface area (Å²) >= 11 is 0. The van der Waals surface area contributed by atoms with E-state index in [1.165, 1.54) is 34.6 Å². The van der Waals surface area contributed by atoms with E-state index < -0.39 is 21.6 Å². The SMILES string of the molecule is CCN(CC)c1ccc2cc(C(=O)Nc3ccc(S(=O)(=O)N4CCCC4)cc3)c(=O)oc2c1. The molecule has 0 saturated carbocycles. The smallest absolute Gasteiger partial charge is 0.349 e. The molecule has 1 N–H and O–H groups in total. The first-order chi connectivity index (χ1) is 15.8. The number of hydrogen-bond donors (Lipinski definition) is 1. The molecule has 0 unspecified atom stereocenters. The Morgan fingerprint density at radius 1 is 1.03 bits per heavy atom. The lowest BCUT2D eigenvalue weighted by Crippen LogP contribution is -2.27. The van der Waals surface area contributed by atoms with Gasteiger partial charge in [0, 0.05) is 49.0 Å². The largest absolute Gasteiger partial charge is 0.422 e. The van der Waals surface area contributed by atoms with E-state index in [0.717, 1.165) is 31.6 Å². The van der Waals surface area contributed by atoms with E-state index in [4.69, 9.17) is 4.42 Å². The molecule has 1 aliphatic heterocycles. The van der Waals surface area contributed by atoms with Crippen LogP contribution in [0.15, 0.2) is 62.6 Å². The molecule has 33 heavy (non-hydrogen) atoms. The van der Waals surface area contributed by atoms with Crippen molar-refractivity contribution in [3.05, 3.63) is 64.5 Å². The number of carbonyl (C=O) groups excluding carboxylic acids is 1. The van der Waals surface area contributed by atoms with Gasteiger partial charge in [0.25, 0.3) is 5.91 Å². The summed E-state index contributed by atoms with van der Waals surface area (Å²) in [6.45, 7) is 6.79. The fourth-order valence-corrected chi connectivity index (χ4v) is 5.55. The molecule has 0 atom stereocenters. The van der Waals surface area contributed by atoms with Crippen LogP contribution in [0.3, 0.4) is 0 Å². The van der Waals surface area contributed by atoms with Crippen molar-refractivity contribution in [2.45, 2.75) is 31.6 Å². The summed E-state index contributed by atoms with van der Waals surface area (Å²) in [6.07, 6.45) is 1.72. The average Bonchev–Trinajstić information content (AvgIpc) is 3.36. The Morgan fingerprint density at radius 2 is 1.70 bits per heavy atom. The Labute approximate surface area is 192 Å². The Balaban J connectivity index is 1.54. The summed E-state index contributed by atoms with van der Waals surface area (Å²) in [5, 5.41) is 3.29. The van der Waals surface area contributed by atoms with Gasteiger partial charge >= 0.3 is 5.63 Å². The number of fused-ring (bicyclic) bond motifs is 1. The van der Waals surface area contributed by atoms with Crippen molar-refractivity contribution in [1.29, 1.82) is 0 Å². The summed E-state index contributed by atoms with van der Waals surface area (Å²) in [5.74, 6) is -0.617. The Kier molecular flexibility index (Phi) is 6.53. The van der Waals surface area contributed by atoms with Crippen molar-refractivity contribution in [1.82, 2.24) is 4.31 Å². The standard InChI is InChI=1S/C24H27N3O5S/c1-3-26(4-2)19-10-7-17-15-21(24(29)32-22(17)16-19)23(28)25-18-8-11-20(12-9-18)33(30,31)27-13-5-6-14-27/h7-12,15-16H,3-6,13-14H2,1-2H3,(H,25,28). The third-order valence-electron chi connectivity index (χ3n) is 5.91. The zero-order valence-corrected chi connectivity index (χ0v) is 19.5. The Bertz CT molecular complexity index is 1320. The van der Waals surface area contributed by atoms with E-state index in [0.29, 0.717) is 29.7 Å². The molecular weight excluding hydrogens is 442 g/mol. The van der Waals surface area contributed by atoms with Gasteiger partial charge in [-0.1, -0.05) is 0 Å². The highest BCUT2D eigenvalue weighted by atomic mass is 32.2. The molecule has 174 valence electrons. The third-order valence-corrected chi connectivity index (χ3v) is 7.82. The van der Waals surface area contributed by atoms with Gasteiger partial charge in [-0.05, 0) is 69.2 Å². The maximum Gasteiger partial charge on any atom is 0.349 e. The van der Waals surface area contributed by atoms with Crippen LogP contribution in [0.4, 0.5) is 11.4 Å². The zero-order valence-electron chi connectivity index (χ0n) is 18.7. The second-order valence-corrected chi connectivity index (χ2v) is 9.87. The quantitative estimate of drug-likeness (QED) is 0.530. The maximum absolute atomic E-state index is 12.7. The van der Waals surface area contributed by atoms with Crippen LogP contribution in [0.25, 0.3) is 11.0 Å². The van der Waals surface area contributed by atoms with Gasteiger partial charge in [-0.3, -0.25) is 4.79 Å². The zero-order chi connectivity index (χ0) is 23.6. The van der Waals surface area contributed by atoms with Crippen LogP contribution < -0.4 is 15.8 Å². The van der Waals surface area contributed by atoms with Gasteiger partial charge in [0.1, 0.15) is 11.1 Å². The number of anilines is 2. The van der Waals surface area contributed by atoms with Crippen molar-refractivity contribution < 1.29 is 17.6 Å². The monoisotopic (exact) mass is 469 g/mol. The normalized spacial score (nSPS) is 14.5. The van der Waals surface area contributed by atoms with Gasteiger partial charge < -0.3 is 14.6 Å². The maximum atomic E-state index is 12.7. The summed E-state index contributed by atoms with van der Waals surface area (Å²) in [7, 11) is -3.53. The van der Waals surface area contributed by atoms with E-state index in [1.54, 1.807) is 6.07 Å². The van der Waals surface area contributed by atoms with Crippen LogP contribution in [0, 0.1) is 0 Å². The number of carbonyl (C=O) groups is 1. The average molecular weight is 470 g/mol. The van der Waals surface area contributed by atoms with Crippen LogP contribution in [-0.4, -0.2) is 44.8 Å². The second kappa shape index (κ2) is 9.36. The molecule has 3 aromatic rings. The van der Waals surface area contributed by atoms with Crippen LogP contribution in [-0.2, 0) is 10.0 Å². The van der Waals surface area contributed by atoms with Gasteiger partial charge in [-0.2, -0.15) is 4.31 Å². The van der Waals surface area contributed by atoms with Gasteiger partial charge in [-0.15, -0.1) is 0 Å². The van der Waals surface area contributed by atoms with Crippen LogP contribution >= 0.6 is 0 Å². The first-order valence-corrected chi connectivity index (χ1v) is 12.5.